The Balaban J connectivity index is 1.73. The van der Waals surface area contributed by atoms with Crippen LogP contribution in [0, 0.1) is 17.0 Å². The van der Waals surface area contributed by atoms with Gasteiger partial charge in [-0.15, -0.1) is 11.3 Å². The van der Waals surface area contributed by atoms with Gasteiger partial charge in [0.05, 0.1) is 9.82 Å². The van der Waals surface area contributed by atoms with Crippen molar-refractivity contribution < 1.29 is 19.2 Å². The third-order valence-electron chi connectivity index (χ3n) is 3.71. The van der Waals surface area contributed by atoms with Crippen molar-refractivity contribution in [3.8, 4) is 5.75 Å². The molecular formula is C19H16N4O5S2. The van der Waals surface area contributed by atoms with Crippen molar-refractivity contribution in [2.45, 2.75) is 16.2 Å². The number of benzene rings is 2. The molecular weight excluding hydrogens is 428 g/mol. The number of nitrogens with zero attached hydrogens (tertiary/aromatic N) is 2. The van der Waals surface area contributed by atoms with E-state index in [4.69, 9.17) is 10.5 Å². The first-order valence-electron chi connectivity index (χ1n) is 8.53. The summed E-state index contributed by atoms with van der Waals surface area (Å²) >= 11 is 2.58. The van der Waals surface area contributed by atoms with Crippen molar-refractivity contribution in [2.24, 2.45) is 5.73 Å². The Bertz CT molecular complexity index is 1100. The number of nitrogens with two attached hydrogens (primary N) is 1. The van der Waals surface area contributed by atoms with Gasteiger partial charge in [-0.3, -0.25) is 19.7 Å². The maximum atomic E-state index is 12.5. The first kappa shape index (κ1) is 21.3. The number of primary amides is 1. The molecule has 0 aliphatic heterocycles. The molecule has 30 heavy (non-hydrogen) atoms. The highest BCUT2D eigenvalue weighted by Gasteiger charge is 2.19. The standard InChI is InChI=1S/C19H16N4O5S2/c1-11-10-29-19(21-11)30-16-7-2-12(8-15(16)23(26)27)18(25)22-13-3-5-14(6-4-13)28-9-17(20)24/h2-8,10H,9H2,1H3,(H2,20,24)(H,22,25). The summed E-state index contributed by atoms with van der Waals surface area (Å²) < 4.78 is 5.84. The zero-order valence-corrected chi connectivity index (χ0v) is 17.3. The lowest BCUT2D eigenvalue weighted by atomic mass is 10.2. The quantitative estimate of drug-likeness (QED) is 0.400. The molecule has 2 aromatic carbocycles. The molecule has 0 saturated carbocycles. The molecule has 0 spiro atoms. The molecule has 2 amide bonds. The third kappa shape index (κ3) is 5.55. The van der Waals surface area contributed by atoms with Crippen LogP contribution in [0.3, 0.4) is 0 Å². The monoisotopic (exact) mass is 444 g/mol. The second-order valence-electron chi connectivity index (χ2n) is 6.03. The SMILES string of the molecule is Cc1csc(Sc2ccc(C(=O)Nc3ccc(OCC(N)=O)cc3)cc2[N+](=O)[O-])n1. The van der Waals surface area contributed by atoms with E-state index in [2.05, 4.69) is 10.3 Å². The van der Waals surface area contributed by atoms with E-state index in [0.29, 0.717) is 20.7 Å². The van der Waals surface area contributed by atoms with Crippen molar-refractivity contribution in [3.63, 3.8) is 0 Å². The summed E-state index contributed by atoms with van der Waals surface area (Å²) in [4.78, 5) is 38.9. The summed E-state index contributed by atoms with van der Waals surface area (Å²) in [5.41, 5.74) is 6.30. The van der Waals surface area contributed by atoms with E-state index >= 15 is 0 Å². The minimum atomic E-state index is -0.597. The number of amides is 2. The first-order valence-corrected chi connectivity index (χ1v) is 10.2. The number of thiazole rings is 1. The number of anilines is 1. The zero-order chi connectivity index (χ0) is 21.7. The topological polar surface area (TPSA) is 137 Å². The van der Waals surface area contributed by atoms with Gasteiger partial charge >= 0.3 is 0 Å². The van der Waals surface area contributed by atoms with E-state index < -0.39 is 16.7 Å². The van der Waals surface area contributed by atoms with Crippen LogP contribution in [0.15, 0.2) is 57.1 Å². The van der Waals surface area contributed by atoms with Gasteiger partial charge in [0.1, 0.15) is 5.75 Å². The Morgan fingerprint density at radius 2 is 2.00 bits per heavy atom. The molecule has 0 atom stereocenters. The van der Waals surface area contributed by atoms with Gasteiger partial charge in [-0.25, -0.2) is 4.98 Å². The van der Waals surface area contributed by atoms with Crippen LogP contribution in [-0.4, -0.2) is 28.3 Å². The highest BCUT2D eigenvalue weighted by molar-refractivity contribution is 8.01. The highest BCUT2D eigenvalue weighted by Crippen LogP contribution is 2.36. The third-order valence-corrected chi connectivity index (χ3v) is 5.83. The molecule has 0 radical (unpaired) electrons. The van der Waals surface area contributed by atoms with Gasteiger partial charge in [0, 0.05) is 28.4 Å². The Hall–Kier alpha value is -3.44. The first-order chi connectivity index (χ1) is 14.3. The lowest BCUT2D eigenvalue weighted by Crippen LogP contribution is -2.20. The maximum absolute atomic E-state index is 12.5. The number of nitrogens with one attached hydrogen (secondary N) is 1. The van der Waals surface area contributed by atoms with Gasteiger partial charge in [-0.1, -0.05) is 11.8 Å². The molecule has 0 bridgehead atoms. The summed E-state index contributed by atoms with van der Waals surface area (Å²) in [5.74, 6) is -0.674. The van der Waals surface area contributed by atoms with Crippen LogP contribution in [0.1, 0.15) is 16.1 Å². The summed E-state index contributed by atoms with van der Waals surface area (Å²) in [6.45, 7) is 1.60. The number of nitro benzene ring substituents is 1. The Kier molecular flexibility index (Phi) is 6.65. The molecule has 1 heterocycles. The number of aryl methyl sites for hydroxylation is 1. The Labute approximate surface area is 179 Å². The minimum Gasteiger partial charge on any atom is -0.484 e. The predicted molar refractivity (Wildman–Crippen MR) is 113 cm³/mol. The average Bonchev–Trinajstić information content (AvgIpc) is 3.12. The van der Waals surface area contributed by atoms with Crippen LogP contribution >= 0.6 is 23.1 Å². The van der Waals surface area contributed by atoms with Crippen LogP contribution < -0.4 is 15.8 Å². The Morgan fingerprint density at radius 3 is 2.60 bits per heavy atom. The fraction of sp³-hybridized carbons (Fsp3) is 0.105. The normalized spacial score (nSPS) is 10.4. The molecule has 3 N–H and O–H groups in total. The van der Waals surface area contributed by atoms with Gasteiger partial charge in [0.2, 0.25) is 0 Å². The largest absolute Gasteiger partial charge is 0.484 e. The highest BCUT2D eigenvalue weighted by atomic mass is 32.2. The number of carbonyl (C=O) groups is 2. The molecule has 154 valence electrons. The van der Waals surface area contributed by atoms with E-state index in [1.54, 1.807) is 24.3 Å². The van der Waals surface area contributed by atoms with E-state index in [-0.39, 0.29) is 17.9 Å². The number of hydrogen-bond donors (Lipinski definition) is 2. The number of rotatable bonds is 8. The van der Waals surface area contributed by atoms with Crippen molar-refractivity contribution in [1.82, 2.24) is 4.98 Å². The van der Waals surface area contributed by atoms with Gasteiger partial charge < -0.3 is 15.8 Å². The number of hydrogen-bond acceptors (Lipinski definition) is 8. The van der Waals surface area contributed by atoms with Crippen molar-refractivity contribution in [2.75, 3.05) is 11.9 Å². The van der Waals surface area contributed by atoms with Crippen LogP contribution in [0.5, 0.6) is 5.75 Å². The lowest BCUT2D eigenvalue weighted by molar-refractivity contribution is -0.387. The smallest absolute Gasteiger partial charge is 0.284 e. The molecule has 11 heteroatoms. The van der Waals surface area contributed by atoms with E-state index in [1.807, 2.05) is 12.3 Å². The van der Waals surface area contributed by atoms with Crippen molar-refractivity contribution in [3.05, 3.63) is 69.2 Å². The lowest BCUT2D eigenvalue weighted by Gasteiger charge is -2.08. The van der Waals surface area contributed by atoms with E-state index in [1.165, 1.54) is 41.3 Å². The van der Waals surface area contributed by atoms with E-state index in [9.17, 15) is 19.7 Å². The second kappa shape index (κ2) is 9.37. The summed E-state index contributed by atoms with van der Waals surface area (Å²) in [5, 5.41) is 16.0. The number of aromatic nitrogens is 1. The average molecular weight is 444 g/mol. The number of ether oxygens (including phenoxy) is 1. The molecule has 9 nitrogen and oxygen atoms in total. The molecule has 0 aliphatic rings. The van der Waals surface area contributed by atoms with Crippen molar-refractivity contribution in [1.29, 1.82) is 0 Å². The zero-order valence-electron chi connectivity index (χ0n) is 15.7. The van der Waals surface area contributed by atoms with Gasteiger partial charge in [0.25, 0.3) is 17.5 Å². The van der Waals surface area contributed by atoms with Crippen molar-refractivity contribution >= 4 is 46.3 Å². The summed E-state index contributed by atoms with van der Waals surface area (Å²) in [6, 6.07) is 10.6. The minimum absolute atomic E-state index is 0.149. The van der Waals surface area contributed by atoms with Crippen LogP contribution in [0.2, 0.25) is 0 Å². The molecule has 0 aliphatic carbocycles. The van der Waals surface area contributed by atoms with Gasteiger partial charge in [0.15, 0.2) is 10.9 Å². The molecule has 1 aromatic heterocycles. The molecule has 3 aromatic rings. The summed E-state index contributed by atoms with van der Waals surface area (Å²) in [6.07, 6.45) is 0. The number of carbonyl (C=O) groups excluding carboxylic acids is 2. The van der Waals surface area contributed by atoms with Crippen LogP contribution in [0.4, 0.5) is 11.4 Å². The molecule has 0 unspecified atom stereocenters. The Morgan fingerprint density at radius 1 is 1.27 bits per heavy atom. The van der Waals surface area contributed by atoms with Crippen LogP contribution in [-0.2, 0) is 4.79 Å². The second-order valence-corrected chi connectivity index (χ2v) is 8.18. The number of nitro groups is 1. The fourth-order valence-corrected chi connectivity index (χ4v) is 4.23. The predicted octanol–water partition coefficient (Wildman–Crippen LogP) is 3.63. The molecule has 0 saturated heterocycles. The van der Waals surface area contributed by atoms with E-state index in [0.717, 1.165) is 5.69 Å². The van der Waals surface area contributed by atoms with Gasteiger partial charge in [-0.2, -0.15) is 0 Å². The summed E-state index contributed by atoms with van der Waals surface area (Å²) in [7, 11) is 0. The maximum Gasteiger partial charge on any atom is 0.284 e. The van der Waals surface area contributed by atoms with Gasteiger partial charge in [-0.05, 0) is 43.3 Å². The molecule has 0 fully saturated rings. The molecule has 3 rings (SSSR count). The fourth-order valence-electron chi connectivity index (χ4n) is 2.35. The van der Waals surface area contributed by atoms with Crippen LogP contribution in [0.25, 0.3) is 0 Å².